The molecule has 18 heavy (non-hydrogen) atoms. The number of hydrogen-bond donors (Lipinski definition) is 0. The third-order valence-corrected chi connectivity index (χ3v) is 2.77. The quantitative estimate of drug-likeness (QED) is 0.469. The first-order valence-corrected chi connectivity index (χ1v) is 6.49. The number of amides is 1. The fraction of sp³-hybridized carbons (Fsp3) is 0.214. The van der Waals surface area contributed by atoms with Crippen LogP contribution in [0, 0.1) is 0 Å². The lowest BCUT2D eigenvalue weighted by Crippen LogP contribution is -2.27. The highest BCUT2D eigenvalue weighted by molar-refractivity contribution is 14.1. The van der Waals surface area contributed by atoms with Gasteiger partial charge in [-0.25, -0.2) is 0 Å². The minimum Gasteiger partial charge on any atom is -0.495 e. The third kappa shape index (κ3) is 3.60. The number of para-hydroxylation sites is 2. The summed E-state index contributed by atoms with van der Waals surface area (Å²) in [5.41, 5.74) is 1.39. The lowest BCUT2D eigenvalue weighted by atomic mass is 10.2. The van der Waals surface area contributed by atoms with Crippen LogP contribution in [0.3, 0.4) is 0 Å². The molecule has 3 nitrogen and oxygen atoms in total. The van der Waals surface area contributed by atoms with Crippen LogP contribution in [0.4, 0.5) is 5.69 Å². The van der Waals surface area contributed by atoms with Crippen molar-refractivity contribution in [3.05, 3.63) is 46.1 Å². The Hall–Kier alpha value is -1.30. The SMILES string of the molecule is C=C(I)/C=C(\C)C(=O)N(C)c1ccccc1OC. The Bertz CT molecular complexity index is 494. The highest BCUT2D eigenvalue weighted by atomic mass is 127. The fourth-order valence-corrected chi connectivity index (χ4v) is 2.04. The number of anilines is 1. The van der Waals surface area contributed by atoms with Gasteiger partial charge in [-0.05, 0) is 47.7 Å². The van der Waals surface area contributed by atoms with E-state index in [0.29, 0.717) is 11.3 Å². The molecule has 4 heteroatoms. The van der Waals surface area contributed by atoms with Crippen LogP contribution in [0.2, 0.25) is 0 Å². The van der Waals surface area contributed by atoms with Crippen LogP contribution >= 0.6 is 22.6 Å². The molecule has 0 aliphatic rings. The number of methoxy groups -OCH3 is 1. The van der Waals surface area contributed by atoms with E-state index in [1.165, 1.54) is 0 Å². The standard InChI is InChI=1S/C14H16INO2/c1-10(9-11(2)15)14(17)16(3)12-7-5-6-8-13(12)18-4/h5-9H,2H2,1,3-4H3/b10-9+. The van der Waals surface area contributed by atoms with Gasteiger partial charge in [0.05, 0.1) is 12.8 Å². The van der Waals surface area contributed by atoms with Crippen molar-refractivity contribution < 1.29 is 9.53 Å². The van der Waals surface area contributed by atoms with Crippen molar-refractivity contribution in [2.24, 2.45) is 0 Å². The Morgan fingerprint density at radius 3 is 2.61 bits per heavy atom. The Kier molecular flexibility index (Phi) is 5.40. The zero-order chi connectivity index (χ0) is 13.7. The molecule has 1 amide bonds. The van der Waals surface area contributed by atoms with Gasteiger partial charge in [0.15, 0.2) is 0 Å². The summed E-state index contributed by atoms with van der Waals surface area (Å²) < 4.78 is 6.07. The van der Waals surface area contributed by atoms with Gasteiger partial charge in [-0.3, -0.25) is 4.79 Å². The number of ether oxygens (including phenoxy) is 1. The van der Waals surface area contributed by atoms with E-state index in [2.05, 4.69) is 29.2 Å². The molecule has 0 aromatic heterocycles. The summed E-state index contributed by atoms with van der Waals surface area (Å²) in [5.74, 6) is 0.603. The summed E-state index contributed by atoms with van der Waals surface area (Å²) in [5, 5.41) is 0. The second-order valence-electron chi connectivity index (χ2n) is 3.81. The number of benzene rings is 1. The average Bonchev–Trinajstić information content (AvgIpc) is 2.36. The van der Waals surface area contributed by atoms with Crippen molar-refractivity contribution in [1.82, 2.24) is 0 Å². The van der Waals surface area contributed by atoms with E-state index in [-0.39, 0.29) is 5.91 Å². The zero-order valence-electron chi connectivity index (χ0n) is 10.7. The highest BCUT2D eigenvalue weighted by Crippen LogP contribution is 2.27. The highest BCUT2D eigenvalue weighted by Gasteiger charge is 2.16. The topological polar surface area (TPSA) is 29.5 Å². The maximum atomic E-state index is 12.2. The predicted molar refractivity (Wildman–Crippen MR) is 83.3 cm³/mol. The Balaban J connectivity index is 3.03. The van der Waals surface area contributed by atoms with E-state index in [9.17, 15) is 4.79 Å². The molecule has 0 heterocycles. The monoisotopic (exact) mass is 357 g/mol. The predicted octanol–water partition coefficient (Wildman–Crippen LogP) is 3.55. The number of carbonyl (C=O) groups excluding carboxylic acids is 1. The number of allylic oxidation sites excluding steroid dienone is 2. The molecule has 0 spiro atoms. The summed E-state index contributed by atoms with van der Waals surface area (Å²) in [6.45, 7) is 5.53. The summed E-state index contributed by atoms with van der Waals surface area (Å²) in [6.07, 6.45) is 1.76. The zero-order valence-corrected chi connectivity index (χ0v) is 12.9. The van der Waals surface area contributed by atoms with Gasteiger partial charge in [-0.2, -0.15) is 0 Å². The van der Waals surface area contributed by atoms with Crippen molar-refractivity contribution in [2.75, 3.05) is 19.1 Å². The molecule has 0 unspecified atom stereocenters. The summed E-state index contributed by atoms with van der Waals surface area (Å²) in [7, 11) is 3.32. The lowest BCUT2D eigenvalue weighted by molar-refractivity contribution is -0.114. The van der Waals surface area contributed by atoms with E-state index in [0.717, 1.165) is 9.27 Å². The van der Waals surface area contributed by atoms with Crippen LogP contribution in [-0.2, 0) is 4.79 Å². The molecule has 0 atom stereocenters. The molecule has 0 radical (unpaired) electrons. The number of rotatable bonds is 4. The largest absolute Gasteiger partial charge is 0.495 e. The van der Waals surface area contributed by atoms with Crippen molar-refractivity contribution in [1.29, 1.82) is 0 Å². The number of hydrogen-bond acceptors (Lipinski definition) is 2. The molecular formula is C14H16INO2. The van der Waals surface area contributed by atoms with E-state index < -0.39 is 0 Å². The minimum absolute atomic E-state index is 0.0719. The van der Waals surface area contributed by atoms with Gasteiger partial charge in [-0.1, -0.05) is 18.7 Å². The van der Waals surface area contributed by atoms with Gasteiger partial charge >= 0.3 is 0 Å². The molecule has 0 fully saturated rings. The number of likely N-dealkylation sites (N-methyl/N-ethyl adjacent to an activating group) is 1. The van der Waals surface area contributed by atoms with Gasteiger partial charge < -0.3 is 9.64 Å². The maximum absolute atomic E-state index is 12.2. The van der Waals surface area contributed by atoms with Gasteiger partial charge in [-0.15, -0.1) is 0 Å². The first-order chi connectivity index (χ1) is 8.47. The first kappa shape index (κ1) is 14.8. The van der Waals surface area contributed by atoms with Crippen LogP contribution in [0.5, 0.6) is 5.75 Å². The Labute approximate surface area is 121 Å². The second kappa shape index (κ2) is 6.58. The van der Waals surface area contributed by atoms with Crippen LogP contribution in [0.15, 0.2) is 46.1 Å². The molecule has 0 saturated carbocycles. The summed E-state index contributed by atoms with van der Waals surface area (Å²) in [4.78, 5) is 13.8. The van der Waals surface area contributed by atoms with Crippen LogP contribution < -0.4 is 9.64 Å². The molecular weight excluding hydrogens is 341 g/mol. The molecule has 0 aliphatic heterocycles. The van der Waals surface area contributed by atoms with E-state index in [4.69, 9.17) is 4.74 Å². The van der Waals surface area contributed by atoms with Gasteiger partial charge in [0.2, 0.25) is 0 Å². The van der Waals surface area contributed by atoms with E-state index >= 15 is 0 Å². The molecule has 1 aromatic carbocycles. The summed E-state index contributed by atoms with van der Waals surface area (Å²) >= 11 is 2.08. The molecule has 0 saturated heterocycles. The molecule has 0 bridgehead atoms. The molecule has 0 N–H and O–H groups in total. The number of carbonyl (C=O) groups is 1. The maximum Gasteiger partial charge on any atom is 0.253 e. The van der Waals surface area contributed by atoms with Gasteiger partial charge in [0, 0.05) is 16.2 Å². The van der Waals surface area contributed by atoms with Crippen molar-refractivity contribution in [3.63, 3.8) is 0 Å². The van der Waals surface area contributed by atoms with Crippen molar-refractivity contribution in [2.45, 2.75) is 6.92 Å². The van der Waals surface area contributed by atoms with Crippen molar-refractivity contribution in [3.8, 4) is 5.75 Å². The molecule has 1 rings (SSSR count). The molecule has 0 aliphatic carbocycles. The minimum atomic E-state index is -0.0719. The smallest absolute Gasteiger partial charge is 0.253 e. The van der Waals surface area contributed by atoms with E-state index in [1.807, 2.05) is 24.3 Å². The van der Waals surface area contributed by atoms with Crippen LogP contribution in [-0.4, -0.2) is 20.1 Å². The fourth-order valence-electron chi connectivity index (χ4n) is 1.58. The normalized spacial score (nSPS) is 11.0. The molecule has 1 aromatic rings. The third-order valence-electron chi connectivity index (χ3n) is 2.46. The number of nitrogens with zero attached hydrogens (tertiary/aromatic N) is 1. The number of halogens is 1. The first-order valence-electron chi connectivity index (χ1n) is 5.41. The van der Waals surface area contributed by atoms with Crippen LogP contribution in [0.1, 0.15) is 6.92 Å². The summed E-state index contributed by atoms with van der Waals surface area (Å²) in [6, 6.07) is 7.42. The van der Waals surface area contributed by atoms with Gasteiger partial charge in [0.25, 0.3) is 5.91 Å². The lowest BCUT2D eigenvalue weighted by Gasteiger charge is -2.20. The van der Waals surface area contributed by atoms with E-state index in [1.54, 1.807) is 32.1 Å². The average molecular weight is 357 g/mol. The molecule has 96 valence electrons. The Morgan fingerprint density at radius 1 is 1.44 bits per heavy atom. The van der Waals surface area contributed by atoms with Gasteiger partial charge in [0.1, 0.15) is 5.75 Å². The Morgan fingerprint density at radius 2 is 2.06 bits per heavy atom. The van der Waals surface area contributed by atoms with Crippen LogP contribution in [0.25, 0.3) is 0 Å². The second-order valence-corrected chi connectivity index (χ2v) is 5.20. The van der Waals surface area contributed by atoms with Crippen molar-refractivity contribution >= 4 is 34.2 Å².